The minimum absolute atomic E-state index is 0.230. The van der Waals surface area contributed by atoms with Crippen LogP contribution in [0.15, 0.2) is 17.0 Å². The first-order valence-corrected chi connectivity index (χ1v) is 7.58. The van der Waals surface area contributed by atoms with E-state index in [1.165, 1.54) is 4.31 Å². The van der Waals surface area contributed by atoms with Gasteiger partial charge in [-0.15, -0.1) is 0 Å². The number of anilines is 1. The molecule has 0 bridgehead atoms. The highest BCUT2D eigenvalue weighted by molar-refractivity contribution is 7.89. The Hall–Kier alpha value is -1.11. The van der Waals surface area contributed by atoms with Crippen LogP contribution in [0.5, 0.6) is 0 Å². The van der Waals surface area contributed by atoms with E-state index < -0.39 is 10.0 Å². The van der Waals surface area contributed by atoms with Crippen LogP contribution in [0, 0.1) is 13.8 Å². The average Bonchev–Trinajstić information content (AvgIpc) is 2.30. The molecule has 0 aliphatic rings. The van der Waals surface area contributed by atoms with Crippen LogP contribution in [0.2, 0.25) is 0 Å². The van der Waals surface area contributed by atoms with E-state index >= 15 is 0 Å². The molecule has 0 heterocycles. The van der Waals surface area contributed by atoms with Crippen LogP contribution < -0.4 is 5.73 Å². The van der Waals surface area contributed by atoms with E-state index in [9.17, 15) is 8.42 Å². The van der Waals surface area contributed by atoms with E-state index in [1.807, 2.05) is 32.0 Å². The molecule has 1 rings (SSSR count). The Labute approximate surface area is 116 Å². The van der Waals surface area contributed by atoms with E-state index in [0.29, 0.717) is 18.8 Å². The van der Waals surface area contributed by atoms with Crippen LogP contribution in [-0.4, -0.2) is 51.9 Å². The molecule has 108 valence electrons. The van der Waals surface area contributed by atoms with Gasteiger partial charge in [0.2, 0.25) is 10.0 Å². The van der Waals surface area contributed by atoms with Crippen molar-refractivity contribution in [3.63, 3.8) is 0 Å². The minimum atomic E-state index is -3.54. The summed E-state index contributed by atoms with van der Waals surface area (Å²) in [4.78, 5) is 2.17. The third-order valence-electron chi connectivity index (χ3n) is 3.24. The van der Waals surface area contributed by atoms with Gasteiger partial charge in [-0.25, -0.2) is 8.42 Å². The zero-order valence-corrected chi connectivity index (χ0v) is 13.1. The Kier molecular flexibility index (Phi) is 4.95. The fraction of sp³-hybridized carbons (Fsp3) is 0.538. The number of aryl methyl sites for hydroxylation is 1. The number of nitrogen functional groups attached to an aromatic ring is 1. The monoisotopic (exact) mass is 285 g/mol. The van der Waals surface area contributed by atoms with Crippen molar-refractivity contribution >= 4 is 15.7 Å². The van der Waals surface area contributed by atoms with Gasteiger partial charge in [-0.05, 0) is 45.1 Å². The molecule has 0 saturated carbocycles. The maximum absolute atomic E-state index is 12.6. The van der Waals surface area contributed by atoms with Crippen LogP contribution >= 0.6 is 0 Å². The lowest BCUT2D eigenvalue weighted by molar-refractivity contribution is 0.358. The van der Waals surface area contributed by atoms with Gasteiger partial charge in [0.15, 0.2) is 0 Å². The molecule has 5 nitrogen and oxygen atoms in total. The lowest BCUT2D eigenvalue weighted by atomic mass is 10.1. The topological polar surface area (TPSA) is 66.6 Å². The van der Waals surface area contributed by atoms with Crippen molar-refractivity contribution in [3.05, 3.63) is 23.3 Å². The Balaban J connectivity index is 3.17. The van der Waals surface area contributed by atoms with Crippen molar-refractivity contribution in [3.8, 4) is 0 Å². The maximum atomic E-state index is 12.6. The number of nitrogens with two attached hydrogens (primary N) is 1. The molecule has 1 aromatic rings. The first kappa shape index (κ1) is 15.9. The van der Waals surface area contributed by atoms with Crippen molar-refractivity contribution in [2.75, 3.05) is 40.0 Å². The number of rotatable bonds is 5. The van der Waals surface area contributed by atoms with E-state index in [-0.39, 0.29) is 4.90 Å². The maximum Gasteiger partial charge on any atom is 0.245 e. The second kappa shape index (κ2) is 5.90. The Morgan fingerprint density at radius 3 is 2.21 bits per heavy atom. The first-order chi connectivity index (χ1) is 8.67. The van der Waals surface area contributed by atoms with Crippen molar-refractivity contribution in [2.45, 2.75) is 18.7 Å². The minimum Gasteiger partial charge on any atom is -0.398 e. The van der Waals surface area contributed by atoms with Gasteiger partial charge in [-0.3, -0.25) is 0 Å². The van der Waals surface area contributed by atoms with Gasteiger partial charge in [-0.1, -0.05) is 6.07 Å². The van der Waals surface area contributed by atoms with Gasteiger partial charge in [-0.2, -0.15) is 4.31 Å². The molecule has 0 aromatic heterocycles. The SMILES string of the molecule is Cc1ccc(N)c(S(=O)(=O)N(C)CCN(C)C)c1C. The average molecular weight is 285 g/mol. The van der Waals surface area contributed by atoms with Gasteiger partial charge in [0.25, 0.3) is 0 Å². The Morgan fingerprint density at radius 1 is 1.11 bits per heavy atom. The summed E-state index contributed by atoms with van der Waals surface area (Å²) in [5, 5.41) is 0. The fourth-order valence-corrected chi connectivity index (χ4v) is 3.32. The molecular formula is C13H23N3O2S. The second-order valence-electron chi connectivity index (χ2n) is 5.06. The van der Waals surface area contributed by atoms with Crippen LogP contribution in [0.4, 0.5) is 5.69 Å². The largest absolute Gasteiger partial charge is 0.398 e. The fourth-order valence-electron chi connectivity index (χ4n) is 1.77. The molecule has 0 amide bonds. The lowest BCUT2D eigenvalue weighted by Crippen LogP contribution is -2.34. The zero-order chi connectivity index (χ0) is 14.8. The van der Waals surface area contributed by atoms with Gasteiger partial charge in [0.05, 0.1) is 5.69 Å². The molecule has 0 unspecified atom stereocenters. The normalized spacial score (nSPS) is 12.4. The third-order valence-corrected chi connectivity index (χ3v) is 5.30. The number of sulfonamides is 1. The molecular weight excluding hydrogens is 262 g/mol. The predicted octanol–water partition coefficient (Wildman–Crippen LogP) is 1.07. The van der Waals surface area contributed by atoms with Gasteiger partial charge >= 0.3 is 0 Å². The summed E-state index contributed by atoms with van der Waals surface area (Å²) in [5.41, 5.74) is 7.80. The Morgan fingerprint density at radius 2 is 1.68 bits per heavy atom. The summed E-state index contributed by atoms with van der Waals surface area (Å²) in [6.45, 7) is 4.77. The van der Waals surface area contributed by atoms with E-state index in [4.69, 9.17) is 5.73 Å². The number of likely N-dealkylation sites (N-methyl/N-ethyl adjacent to an activating group) is 2. The molecule has 19 heavy (non-hydrogen) atoms. The molecule has 0 aliphatic heterocycles. The molecule has 6 heteroatoms. The van der Waals surface area contributed by atoms with Gasteiger partial charge in [0, 0.05) is 20.1 Å². The standard InChI is InChI=1S/C13H23N3O2S/c1-10-6-7-12(14)13(11(10)2)19(17,18)16(5)9-8-15(3)4/h6-7H,8-9,14H2,1-5H3. The third kappa shape index (κ3) is 3.46. The molecule has 0 aliphatic carbocycles. The summed E-state index contributed by atoms with van der Waals surface area (Å²) in [6, 6.07) is 3.48. The summed E-state index contributed by atoms with van der Waals surface area (Å²) in [6.07, 6.45) is 0. The number of hydrogen-bond acceptors (Lipinski definition) is 4. The summed E-state index contributed by atoms with van der Waals surface area (Å²) >= 11 is 0. The van der Waals surface area contributed by atoms with Crippen molar-refractivity contribution in [1.82, 2.24) is 9.21 Å². The summed E-state index contributed by atoms with van der Waals surface area (Å²) in [5.74, 6) is 0. The predicted molar refractivity (Wildman–Crippen MR) is 78.7 cm³/mol. The molecule has 0 spiro atoms. The van der Waals surface area contributed by atoms with E-state index in [2.05, 4.69) is 0 Å². The quantitative estimate of drug-likeness (QED) is 0.822. The summed E-state index contributed by atoms with van der Waals surface area (Å²) < 4.78 is 26.5. The second-order valence-corrected chi connectivity index (χ2v) is 7.04. The lowest BCUT2D eigenvalue weighted by Gasteiger charge is -2.22. The Bertz CT molecular complexity index is 553. The first-order valence-electron chi connectivity index (χ1n) is 6.14. The van der Waals surface area contributed by atoms with Gasteiger partial charge < -0.3 is 10.6 Å². The highest BCUT2D eigenvalue weighted by Gasteiger charge is 2.25. The summed E-state index contributed by atoms with van der Waals surface area (Å²) in [7, 11) is 1.87. The van der Waals surface area contributed by atoms with Crippen LogP contribution in [-0.2, 0) is 10.0 Å². The highest BCUT2D eigenvalue weighted by Crippen LogP contribution is 2.27. The molecule has 1 aromatic carbocycles. The van der Waals surface area contributed by atoms with E-state index in [1.54, 1.807) is 20.0 Å². The number of nitrogens with zero attached hydrogens (tertiary/aromatic N) is 2. The zero-order valence-electron chi connectivity index (χ0n) is 12.3. The molecule has 0 fully saturated rings. The number of benzene rings is 1. The smallest absolute Gasteiger partial charge is 0.245 e. The molecule has 2 N–H and O–H groups in total. The van der Waals surface area contributed by atoms with Crippen molar-refractivity contribution < 1.29 is 8.42 Å². The van der Waals surface area contributed by atoms with Crippen LogP contribution in [0.1, 0.15) is 11.1 Å². The highest BCUT2D eigenvalue weighted by atomic mass is 32.2. The van der Waals surface area contributed by atoms with Crippen LogP contribution in [0.25, 0.3) is 0 Å². The molecule has 0 radical (unpaired) electrons. The number of hydrogen-bond donors (Lipinski definition) is 1. The van der Waals surface area contributed by atoms with E-state index in [0.717, 1.165) is 11.1 Å². The van der Waals surface area contributed by atoms with Crippen molar-refractivity contribution in [2.24, 2.45) is 0 Å². The van der Waals surface area contributed by atoms with Crippen molar-refractivity contribution in [1.29, 1.82) is 0 Å². The molecule has 0 atom stereocenters. The molecule has 0 saturated heterocycles. The van der Waals surface area contributed by atoms with Gasteiger partial charge in [0.1, 0.15) is 4.90 Å². The van der Waals surface area contributed by atoms with Crippen LogP contribution in [0.3, 0.4) is 0 Å².